The fraction of sp³-hybridized carbons (Fsp3) is 0.417. The zero-order chi connectivity index (χ0) is 12.7. The molecule has 2 aromatic rings. The van der Waals surface area contributed by atoms with Gasteiger partial charge in [0.15, 0.2) is 12.0 Å². The summed E-state index contributed by atoms with van der Waals surface area (Å²) >= 11 is 0. The molecule has 3 nitrogen and oxygen atoms in total. The minimum absolute atomic E-state index is 0.0970. The molecule has 0 atom stereocenters. The zero-order valence-corrected chi connectivity index (χ0v) is 9.71. The van der Waals surface area contributed by atoms with E-state index in [1.807, 2.05) is 0 Å². The summed E-state index contributed by atoms with van der Waals surface area (Å²) in [5.74, 6) is -2.97. The third kappa shape index (κ3) is 2.61. The number of nitrogens with two attached hydrogens (primary N) is 1. The van der Waals surface area contributed by atoms with E-state index in [1.54, 1.807) is 13.8 Å². The fourth-order valence-corrected chi connectivity index (χ4v) is 1.76. The number of alkyl halides is 2. The summed E-state index contributed by atoms with van der Waals surface area (Å²) in [6.45, 7) is 3.15. The van der Waals surface area contributed by atoms with Gasteiger partial charge >= 0.3 is 0 Å². The van der Waals surface area contributed by atoms with Crippen molar-refractivity contribution in [2.24, 2.45) is 5.73 Å². The number of hydrogen-bond acceptors (Lipinski definition) is 3. The van der Waals surface area contributed by atoms with Crippen LogP contribution in [0, 0.1) is 0 Å². The summed E-state index contributed by atoms with van der Waals surface area (Å²) in [5, 5.41) is 0. The van der Waals surface area contributed by atoms with Gasteiger partial charge in [-0.25, -0.2) is 13.8 Å². The minimum atomic E-state index is -2.97. The van der Waals surface area contributed by atoms with Gasteiger partial charge in [0.1, 0.15) is 5.52 Å². The second kappa shape index (κ2) is 3.77. The number of nitrogens with zero attached hydrogens (tertiary/aromatic N) is 1. The first-order valence-electron chi connectivity index (χ1n) is 5.28. The average molecular weight is 240 g/mol. The number of rotatable bonds is 3. The topological polar surface area (TPSA) is 52.0 Å². The molecule has 2 N–H and O–H groups in total. The minimum Gasteiger partial charge on any atom is -0.443 e. The highest BCUT2D eigenvalue weighted by Crippen LogP contribution is 2.36. The summed E-state index contributed by atoms with van der Waals surface area (Å²) in [5.41, 5.74) is 5.53. The van der Waals surface area contributed by atoms with Gasteiger partial charge in [-0.2, -0.15) is 0 Å². The van der Waals surface area contributed by atoms with Crippen LogP contribution in [0.4, 0.5) is 8.78 Å². The third-order valence-corrected chi connectivity index (χ3v) is 2.43. The van der Waals surface area contributed by atoms with E-state index >= 15 is 0 Å². The largest absolute Gasteiger partial charge is 0.443 e. The highest BCUT2D eigenvalue weighted by atomic mass is 19.3. The van der Waals surface area contributed by atoms with Crippen LogP contribution in [0.25, 0.3) is 11.1 Å². The Morgan fingerprint density at radius 3 is 2.71 bits per heavy atom. The maximum atomic E-state index is 13.9. The molecule has 5 heteroatoms. The zero-order valence-electron chi connectivity index (χ0n) is 9.71. The molecule has 0 fully saturated rings. The first kappa shape index (κ1) is 12.0. The van der Waals surface area contributed by atoms with Crippen molar-refractivity contribution in [2.75, 3.05) is 0 Å². The molecule has 1 heterocycles. The lowest BCUT2D eigenvalue weighted by atomic mass is 9.93. The van der Waals surface area contributed by atoms with Crippen LogP contribution in [-0.4, -0.2) is 10.5 Å². The number of oxazole rings is 1. The van der Waals surface area contributed by atoms with Crippen molar-refractivity contribution in [1.29, 1.82) is 0 Å². The predicted molar refractivity (Wildman–Crippen MR) is 60.8 cm³/mol. The molecule has 0 radical (unpaired) electrons. The van der Waals surface area contributed by atoms with Crippen LogP contribution in [0.1, 0.15) is 25.8 Å². The van der Waals surface area contributed by atoms with Crippen molar-refractivity contribution in [1.82, 2.24) is 4.98 Å². The van der Waals surface area contributed by atoms with Crippen molar-refractivity contribution in [3.05, 3.63) is 30.2 Å². The first-order valence-corrected chi connectivity index (χ1v) is 5.28. The van der Waals surface area contributed by atoms with Gasteiger partial charge in [-0.05, 0) is 26.0 Å². The van der Waals surface area contributed by atoms with Crippen molar-refractivity contribution >= 4 is 11.1 Å². The Bertz CT molecular complexity index is 529. The molecule has 1 aromatic carbocycles. The Morgan fingerprint density at radius 1 is 1.35 bits per heavy atom. The predicted octanol–water partition coefficient (Wildman–Crippen LogP) is 3.05. The molecule has 1 aromatic heterocycles. The van der Waals surface area contributed by atoms with Gasteiger partial charge in [0.2, 0.25) is 0 Å². The second-order valence-electron chi connectivity index (χ2n) is 4.90. The Balaban J connectivity index is 2.37. The summed E-state index contributed by atoms with van der Waals surface area (Å²) in [6.07, 6.45) is 0.819. The van der Waals surface area contributed by atoms with Crippen molar-refractivity contribution < 1.29 is 13.2 Å². The van der Waals surface area contributed by atoms with Crippen molar-refractivity contribution in [3.63, 3.8) is 0 Å². The van der Waals surface area contributed by atoms with Gasteiger partial charge in [-0.15, -0.1) is 0 Å². The lowest BCUT2D eigenvalue weighted by Crippen LogP contribution is -2.38. The molecule has 2 rings (SSSR count). The summed E-state index contributed by atoms with van der Waals surface area (Å²) < 4.78 is 32.9. The van der Waals surface area contributed by atoms with E-state index in [-0.39, 0.29) is 5.56 Å². The van der Waals surface area contributed by atoms with Crippen LogP contribution < -0.4 is 5.73 Å². The molecule has 0 amide bonds. The molecule has 0 unspecified atom stereocenters. The molecule has 0 saturated heterocycles. The quantitative estimate of drug-likeness (QED) is 0.897. The smallest absolute Gasteiger partial charge is 0.275 e. The van der Waals surface area contributed by atoms with E-state index in [0.717, 1.165) is 0 Å². The molecule has 0 aliphatic heterocycles. The SMILES string of the molecule is CC(C)(N)CC(F)(F)c1ccc2ncoc2c1. The van der Waals surface area contributed by atoms with Crippen LogP contribution in [-0.2, 0) is 5.92 Å². The maximum Gasteiger partial charge on any atom is 0.275 e. The monoisotopic (exact) mass is 240 g/mol. The average Bonchev–Trinajstić information content (AvgIpc) is 2.59. The molecule has 0 aliphatic rings. The van der Waals surface area contributed by atoms with E-state index in [2.05, 4.69) is 4.98 Å². The molecule has 17 heavy (non-hydrogen) atoms. The Hall–Kier alpha value is -1.49. The van der Waals surface area contributed by atoms with Gasteiger partial charge in [0.25, 0.3) is 5.92 Å². The molecular formula is C12H14F2N2O. The molecule has 0 saturated carbocycles. The lowest BCUT2D eigenvalue weighted by molar-refractivity contribution is -0.0295. The van der Waals surface area contributed by atoms with E-state index in [0.29, 0.717) is 11.1 Å². The number of aromatic nitrogens is 1. The van der Waals surface area contributed by atoms with E-state index in [4.69, 9.17) is 10.2 Å². The Kier molecular flexibility index (Phi) is 2.66. The Labute approximate surface area is 97.6 Å². The van der Waals surface area contributed by atoms with Crippen molar-refractivity contribution in [2.45, 2.75) is 31.7 Å². The van der Waals surface area contributed by atoms with Crippen LogP contribution in [0.2, 0.25) is 0 Å². The highest BCUT2D eigenvalue weighted by Gasteiger charge is 2.37. The number of halogens is 2. The van der Waals surface area contributed by atoms with E-state index in [1.165, 1.54) is 24.6 Å². The van der Waals surface area contributed by atoms with Gasteiger partial charge in [-0.1, -0.05) is 6.07 Å². The normalized spacial score (nSPS) is 13.2. The van der Waals surface area contributed by atoms with Gasteiger partial charge in [0, 0.05) is 17.5 Å². The fourth-order valence-electron chi connectivity index (χ4n) is 1.76. The molecule has 92 valence electrons. The van der Waals surface area contributed by atoms with Gasteiger partial charge in [0.05, 0.1) is 0 Å². The Morgan fingerprint density at radius 2 is 2.06 bits per heavy atom. The number of benzene rings is 1. The van der Waals surface area contributed by atoms with Crippen LogP contribution >= 0.6 is 0 Å². The highest BCUT2D eigenvalue weighted by molar-refractivity contribution is 5.73. The van der Waals surface area contributed by atoms with Crippen LogP contribution in [0.3, 0.4) is 0 Å². The van der Waals surface area contributed by atoms with E-state index < -0.39 is 17.9 Å². The van der Waals surface area contributed by atoms with Crippen LogP contribution in [0.15, 0.2) is 29.0 Å². The maximum absolute atomic E-state index is 13.9. The summed E-state index contributed by atoms with van der Waals surface area (Å²) in [7, 11) is 0. The number of fused-ring (bicyclic) bond motifs is 1. The molecule has 0 spiro atoms. The summed E-state index contributed by atoms with van der Waals surface area (Å²) in [6, 6.07) is 4.19. The number of hydrogen-bond donors (Lipinski definition) is 1. The van der Waals surface area contributed by atoms with Gasteiger partial charge in [-0.3, -0.25) is 0 Å². The molecular weight excluding hydrogens is 226 g/mol. The van der Waals surface area contributed by atoms with Gasteiger partial charge < -0.3 is 10.2 Å². The van der Waals surface area contributed by atoms with Crippen molar-refractivity contribution in [3.8, 4) is 0 Å². The standard InChI is InChI=1S/C12H14F2N2O/c1-11(2,15)6-12(13,14)8-3-4-9-10(5-8)17-7-16-9/h3-5,7H,6,15H2,1-2H3. The lowest BCUT2D eigenvalue weighted by Gasteiger charge is -2.25. The van der Waals surface area contributed by atoms with Crippen LogP contribution in [0.5, 0.6) is 0 Å². The molecule has 0 aliphatic carbocycles. The second-order valence-corrected chi connectivity index (χ2v) is 4.90. The van der Waals surface area contributed by atoms with E-state index in [9.17, 15) is 8.78 Å². The summed E-state index contributed by atoms with van der Waals surface area (Å²) in [4.78, 5) is 3.88. The first-order chi connectivity index (χ1) is 7.78. The third-order valence-electron chi connectivity index (χ3n) is 2.43. The molecule has 0 bridgehead atoms.